The number of allylic oxidation sites excluding steroid dienone is 5. The number of hydrogen-bond acceptors (Lipinski definition) is 0. The van der Waals surface area contributed by atoms with Crippen molar-refractivity contribution in [3.8, 4) is 5.69 Å². The number of para-hydroxylation sites is 1. The molecule has 1 aliphatic carbocycles. The van der Waals surface area contributed by atoms with E-state index in [0.29, 0.717) is 0 Å². The standard InChI is InChI=1S/C47H31N/c1-3-5-14-31-23-24-32-25-26-33(27-28-35(32)34(31)4-2)36-29-30-45(40-18-9-6-15-37(36)40)48-44-22-13-12-21-43(44)46-41-19-10-7-16-38(41)39-17-8-11-20-42(39)47(46)48/h3-27,29-30H,1-2H2/b14-5-. The summed E-state index contributed by atoms with van der Waals surface area (Å²) < 4.78 is 2.49. The average Bonchev–Trinajstić information content (AvgIpc) is 3.34. The molecule has 0 saturated heterocycles. The third-order valence-corrected chi connectivity index (χ3v) is 9.74. The fraction of sp³-hybridized carbons (Fsp3) is 0. The zero-order valence-electron chi connectivity index (χ0n) is 26.4. The van der Waals surface area contributed by atoms with Crippen LogP contribution in [0.2, 0.25) is 0 Å². The molecule has 224 valence electrons. The Balaban J connectivity index is 1.33. The number of benzene rings is 7. The Morgan fingerprint density at radius 2 is 1.25 bits per heavy atom. The van der Waals surface area contributed by atoms with Gasteiger partial charge in [0.15, 0.2) is 0 Å². The molecule has 0 bridgehead atoms. The molecule has 7 aromatic carbocycles. The zero-order chi connectivity index (χ0) is 32.2. The number of aromatic nitrogens is 1. The third-order valence-electron chi connectivity index (χ3n) is 9.74. The van der Waals surface area contributed by atoms with Crippen LogP contribution in [0.5, 0.6) is 0 Å². The summed E-state index contributed by atoms with van der Waals surface area (Å²) in [6.45, 7) is 7.95. The minimum atomic E-state index is 1.05. The highest BCUT2D eigenvalue weighted by molar-refractivity contribution is 6.32. The predicted molar refractivity (Wildman–Crippen MR) is 209 cm³/mol. The van der Waals surface area contributed by atoms with Gasteiger partial charge in [0.05, 0.1) is 16.7 Å². The van der Waals surface area contributed by atoms with Crippen LogP contribution < -0.4 is 10.4 Å². The summed E-state index contributed by atoms with van der Waals surface area (Å²) in [7, 11) is 0. The maximum atomic E-state index is 4.12. The molecule has 8 aromatic rings. The van der Waals surface area contributed by atoms with Gasteiger partial charge < -0.3 is 4.57 Å². The van der Waals surface area contributed by atoms with Crippen LogP contribution in [0.25, 0.3) is 89.3 Å². The number of nitrogens with zero attached hydrogens (tertiary/aromatic N) is 1. The summed E-state index contributed by atoms with van der Waals surface area (Å²) in [5.41, 5.74) is 11.7. The van der Waals surface area contributed by atoms with Gasteiger partial charge in [0, 0.05) is 26.8 Å². The molecule has 0 radical (unpaired) electrons. The van der Waals surface area contributed by atoms with E-state index in [9.17, 15) is 0 Å². The van der Waals surface area contributed by atoms with Crippen LogP contribution in [0.15, 0.2) is 159 Å². The van der Waals surface area contributed by atoms with Gasteiger partial charge in [-0.3, -0.25) is 0 Å². The largest absolute Gasteiger partial charge is 0.308 e. The van der Waals surface area contributed by atoms with Crippen molar-refractivity contribution in [2.24, 2.45) is 0 Å². The van der Waals surface area contributed by atoms with Crippen LogP contribution in [-0.4, -0.2) is 4.57 Å². The van der Waals surface area contributed by atoms with Crippen molar-refractivity contribution in [1.29, 1.82) is 0 Å². The van der Waals surface area contributed by atoms with E-state index in [-0.39, 0.29) is 0 Å². The molecule has 0 N–H and O–H groups in total. The maximum Gasteiger partial charge on any atom is 0.0626 e. The minimum Gasteiger partial charge on any atom is -0.308 e. The first kappa shape index (κ1) is 27.9. The maximum absolute atomic E-state index is 4.12. The highest BCUT2D eigenvalue weighted by Crippen LogP contribution is 2.43. The molecule has 1 aliphatic rings. The fourth-order valence-electron chi connectivity index (χ4n) is 7.64. The van der Waals surface area contributed by atoms with E-state index < -0.39 is 0 Å². The van der Waals surface area contributed by atoms with Gasteiger partial charge in [-0.2, -0.15) is 0 Å². The number of hydrogen-bond donors (Lipinski definition) is 0. The van der Waals surface area contributed by atoms with E-state index in [1.165, 1.54) is 65.4 Å². The summed E-state index contributed by atoms with van der Waals surface area (Å²) >= 11 is 0. The monoisotopic (exact) mass is 609 g/mol. The van der Waals surface area contributed by atoms with Gasteiger partial charge in [-0.15, -0.1) is 5.73 Å². The summed E-state index contributed by atoms with van der Waals surface area (Å²) in [6.07, 6.45) is 14.3. The molecule has 0 amide bonds. The smallest absolute Gasteiger partial charge is 0.0626 e. The lowest BCUT2D eigenvalue weighted by molar-refractivity contribution is 1.20. The third kappa shape index (κ3) is 4.12. The Bertz CT molecular complexity index is 2900. The lowest BCUT2D eigenvalue weighted by Gasteiger charge is -2.16. The lowest BCUT2D eigenvalue weighted by Crippen LogP contribution is -2.26. The lowest BCUT2D eigenvalue weighted by atomic mass is 9.95. The quantitative estimate of drug-likeness (QED) is 0.135. The molecule has 1 heterocycles. The van der Waals surface area contributed by atoms with Crippen LogP contribution in [-0.2, 0) is 0 Å². The predicted octanol–water partition coefficient (Wildman–Crippen LogP) is 10.9. The highest BCUT2D eigenvalue weighted by Gasteiger charge is 2.20. The van der Waals surface area contributed by atoms with E-state index >= 15 is 0 Å². The van der Waals surface area contributed by atoms with Gasteiger partial charge in [-0.1, -0.05) is 159 Å². The topological polar surface area (TPSA) is 4.93 Å². The van der Waals surface area contributed by atoms with Crippen LogP contribution >= 0.6 is 0 Å². The second-order valence-electron chi connectivity index (χ2n) is 12.3. The summed E-state index contributed by atoms with van der Waals surface area (Å²) in [4.78, 5) is 0. The van der Waals surface area contributed by atoms with E-state index in [2.05, 4.69) is 169 Å². The molecule has 0 unspecified atom stereocenters. The molecule has 0 fully saturated rings. The Labute approximate surface area is 279 Å². The Kier molecular flexibility index (Phi) is 6.47. The summed E-state index contributed by atoms with van der Waals surface area (Å²) in [5.74, 6) is 0. The average molecular weight is 610 g/mol. The second kappa shape index (κ2) is 11.1. The van der Waals surface area contributed by atoms with E-state index in [4.69, 9.17) is 0 Å². The van der Waals surface area contributed by atoms with Crippen molar-refractivity contribution in [2.45, 2.75) is 0 Å². The van der Waals surface area contributed by atoms with Crippen LogP contribution in [0.4, 0.5) is 0 Å². The first-order chi connectivity index (χ1) is 23.8. The Morgan fingerprint density at radius 1 is 0.583 bits per heavy atom. The van der Waals surface area contributed by atoms with Gasteiger partial charge >= 0.3 is 0 Å². The van der Waals surface area contributed by atoms with Crippen molar-refractivity contribution in [3.63, 3.8) is 0 Å². The van der Waals surface area contributed by atoms with Gasteiger partial charge in [0.2, 0.25) is 0 Å². The summed E-state index contributed by atoms with van der Waals surface area (Å²) in [6, 6.07) is 44.2. The van der Waals surface area contributed by atoms with E-state index in [0.717, 1.165) is 27.1 Å². The first-order valence-electron chi connectivity index (χ1n) is 16.4. The first-order valence-corrected chi connectivity index (χ1v) is 16.4. The van der Waals surface area contributed by atoms with E-state index in [1.807, 2.05) is 12.2 Å². The molecule has 0 atom stereocenters. The van der Waals surface area contributed by atoms with Crippen molar-refractivity contribution >= 4 is 83.7 Å². The molecular formula is C47H31N. The fourth-order valence-corrected chi connectivity index (χ4v) is 7.64. The molecule has 0 spiro atoms. The molecule has 0 aliphatic heterocycles. The Hall–Kier alpha value is -6.40. The van der Waals surface area contributed by atoms with Gasteiger partial charge in [-0.25, -0.2) is 0 Å². The zero-order valence-corrected chi connectivity index (χ0v) is 26.4. The van der Waals surface area contributed by atoms with Crippen LogP contribution in [0, 0.1) is 0 Å². The molecule has 1 heteroatoms. The minimum absolute atomic E-state index is 1.05. The van der Waals surface area contributed by atoms with Gasteiger partial charge in [0.25, 0.3) is 0 Å². The molecule has 9 rings (SSSR count). The van der Waals surface area contributed by atoms with E-state index in [1.54, 1.807) is 6.08 Å². The molecular weight excluding hydrogens is 579 g/mol. The Morgan fingerprint density at radius 3 is 2.02 bits per heavy atom. The van der Waals surface area contributed by atoms with Crippen molar-refractivity contribution in [1.82, 2.24) is 4.57 Å². The molecule has 1 nitrogen and oxygen atoms in total. The highest BCUT2D eigenvalue weighted by atomic mass is 15.0. The number of fused-ring (bicyclic) bond motifs is 10. The van der Waals surface area contributed by atoms with Crippen LogP contribution in [0.3, 0.4) is 0 Å². The molecule has 48 heavy (non-hydrogen) atoms. The van der Waals surface area contributed by atoms with Crippen molar-refractivity contribution in [2.75, 3.05) is 0 Å². The van der Waals surface area contributed by atoms with Crippen LogP contribution in [0.1, 0.15) is 16.7 Å². The molecule has 0 saturated carbocycles. The summed E-state index contributed by atoms with van der Waals surface area (Å²) in [5, 5.41) is 12.2. The molecule has 1 aromatic heterocycles. The van der Waals surface area contributed by atoms with Crippen molar-refractivity contribution in [3.05, 3.63) is 186 Å². The van der Waals surface area contributed by atoms with Gasteiger partial charge in [-0.05, 0) is 67.2 Å². The SMILES string of the molecule is C=C/C=C\c1ccc2c(c1C=C)=C=CC(c1ccc(-n3c4ccccc4c4c5ccccc5c5ccccc5c43)c3ccccc13)=CC=2. The number of rotatable bonds is 5. The normalized spacial score (nSPS) is 12.7. The second-order valence-corrected chi connectivity index (χ2v) is 12.3. The van der Waals surface area contributed by atoms with Crippen molar-refractivity contribution < 1.29 is 0 Å². The van der Waals surface area contributed by atoms with Gasteiger partial charge in [0.1, 0.15) is 0 Å².